The maximum absolute atomic E-state index is 9.18. The van der Waals surface area contributed by atoms with E-state index in [1.54, 1.807) is 0 Å². The Morgan fingerprint density at radius 2 is 1.57 bits per heavy atom. The monoisotopic (exact) mass is 317 g/mol. The highest BCUT2D eigenvalue weighted by atomic mass is 16.4. The lowest BCUT2D eigenvalue weighted by Crippen LogP contribution is -1.88. The van der Waals surface area contributed by atoms with Gasteiger partial charge in [0.25, 0.3) is 0 Å². The van der Waals surface area contributed by atoms with Crippen LogP contribution >= 0.6 is 0 Å². The van der Waals surface area contributed by atoms with Gasteiger partial charge in [-0.2, -0.15) is 0 Å². The zero-order valence-corrected chi connectivity index (χ0v) is 13.9. The Morgan fingerprint density at radius 3 is 2.17 bits per heavy atom. The highest BCUT2D eigenvalue weighted by Gasteiger charge is 2.10. The summed E-state index contributed by atoms with van der Waals surface area (Å²) in [6.07, 6.45) is 8.06. The molecule has 2 rings (SSSR count). The molecule has 0 saturated heterocycles. The summed E-state index contributed by atoms with van der Waals surface area (Å²) in [5.74, 6) is 1.25. The van der Waals surface area contributed by atoms with Crippen LogP contribution in [-0.2, 0) is 13.0 Å². The molecule has 126 valence electrons. The van der Waals surface area contributed by atoms with E-state index in [-0.39, 0.29) is 6.61 Å². The van der Waals surface area contributed by atoms with Gasteiger partial charge in [-0.15, -0.1) is 0 Å². The van der Waals surface area contributed by atoms with Crippen LogP contribution in [0.25, 0.3) is 11.5 Å². The quantitative estimate of drug-likeness (QED) is 0.650. The van der Waals surface area contributed by atoms with Gasteiger partial charge in [0.15, 0.2) is 0 Å². The highest BCUT2D eigenvalue weighted by molar-refractivity contribution is 5.54. The number of aromatic nitrogens is 1. The zero-order valence-electron chi connectivity index (χ0n) is 13.9. The Balaban J connectivity index is 1.78. The Labute approximate surface area is 138 Å². The van der Waals surface area contributed by atoms with Crippen LogP contribution in [0.2, 0.25) is 0 Å². The van der Waals surface area contributed by atoms with Crippen LogP contribution in [-0.4, -0.2) is 21.8 Å². The molecule has 0 aliphatic heterocycles. The molecule has 1 heterocycles. The second kappa shape index (κ2) is 9.48. The van der Waals surface area contributed by atoms with Gasteiger partial charge in [-0.05, 0) is 43.9 Å². The second-order valence-electron chi connectivity index (χ2n) is 5.97. The van der Waals surface area contributed by atoms with Crippen LogP contribution in [0.1, 0.15) is 55.5 Å². The lowest BCUT2D eigenvalue weighted by molar-refractivity contribution is 0.275. The van der Waals surface area contributed by atoms with Gasteiger partial charge in [0.05, 0.1) is 6.61 Å². The maximum Gasteiger partial charge on any atom is 0.226 e. The summed E-state index contributed by atoms with van der Waals surface area (Å²) in [6.45, 7) is 2.04. The number of aliphatic hydroxyl groups excluding tert-OH is 2. The molecule has 1 aromatic heterocycles. The smallest absolute Gasteiger partial charge is 0.226 e. The van der Waals surface area contributed by atoms with Crippen LogP contribution in [0, 0.1) is 6.92 Å². The minimum absolute atomic E-state index is 0.0915. The first kappa shape index (κ1) is 17.7. The van der Waals surface area contributed by atoms with Crippen LogP contribution in [0.15, 0.2) is 28.7 Å². The second-order valence-corrected chi connectivity index (χ2v) is 5.97. The van der Waals surface area contributed by atoms with E-state index in [1.165, 1.54) is 31.2 Å². The number of aryl methyl sites for hydroxylation is 2. The first-order valence-corrected chi connectivity index (χ1v) is 8.52. The Bertz CT molecular complexity index is 575. The van der Waals surface area contributed by atoms with E-state index in [1.807, 2.05) is 19.1 Å². The van der Waals surface area contributed by atoms with Gasteiger partial charge in [-0.1, -0.05) is 37.8 Å². The molecule has 0 unspecified atom stereocenters. The van der Waals surface area contributed by atoms with Crippen LogP contribution in [0.4, 0.5) is 0 Å². The van der Waals surface area contributed by atoms with E-state index >= 15 is 0 Å². The zero-order chi connectivity index (χ0) is 16.5. The molecule has 1 aromatic carbocycles. The summed E-state index contributed by atoms with van der Waals surface area (Å²) in [6, 6.07) is 8.31. The normalized spacial score (nSPS) is 11.1. The number of aliphatic hydroxyl groups is 2. The molecule has 2 aromatic rings. The molecule has 0 radical (unpaired) electrons. The molecule has 4 heteroatoms. The number of hydrogen-bond donors (Lipinski definition) is 2. The van der Waals surface area contributed by atoms with E-state index < -0.39 is 0 Å². The van der Waals surface area contributed by atoms with Crippen molar-refractivity contribution < 1.29 is 14.6 Å². The molecule has 2 N–H and O–H groups in total. The summed E-state index contributed by atoms with van der Waals surface area (Å²) in [4.78, 5) is 4.30. The van der Waals surface area contributed by atoms with Crippen molar-refractivity contribution in [2.24, 2.45) is 0 Å². The summed E-state index contributed by atoms with van der Waals surface area (Å²) < 4.78 is 5.59. The fourth-order valence-electron chi connectivity index (χ4n) is 2.66. The van der Waals surface area contributed by atoms with E-state index in [9.17, 15) is 5.11 Å². The highest BCUT2D eigenvalue weighted by Crippen LogP contribution is 2.22. The average molecular weight is 317 g/mol. The minimum Gasteiger partial charge on any atom is -0.441 e. The summed E-state index contributed by atoms with van der Waals surface area (Å²) in [5.41, 5.74) is 2.88. The number of nitrogens with zero attached hydrogens (tertiary/aromatic N) is 1. The third-order valence-corrected chi connectivity index (χ3v) is 4.12. The number of benzene rings is 1. The SMILES string of the molecule is Cc1oc(-c2ccc(CCCCCCCCO)cc2)nc1CO. The van der Waals surface area contributed by atoms with Crippen molar-refractivity contribution in [2.45, 2.75) is 58.5 Å². The molecule has 0 bridgehead atoms. The summed E-state index contributed by atoms with van der Waals surface area (Å²) >= 11 is 0. The van der Waals surface area contributed by atoms with E-state index in [2.05, 4.69) is 17.1 Å². The number of rotatable bonds is 10. The molecular formula is C19H27NO3. The van der Waals surface area contributed by atoms with Gasteiger partial charge in [0, 0.05) is 12.2 Å². The summed E-state index contributed by atoms with van der Waals surface area (Å²) in [7, 11) is 0. The minimum atomic E-state index is -0.0915. The fourth-order valence-corrected chi connectivity index (χ4v) is 2.66. The Morgan fingerprint density at radius 1 is 0.913 bits per heavy atom. The predicted octanol–water partition coefficient (Wildman–Crippen LogP) is 4.02. The third-order valence-electron chi connectivity index (χ3n) is 4.12. The topological polar surface area (TPSA) is 66.5 Å². The molecule has 0 fully saturated rings. The van der Waals surface area contributed by atoms with Crippen molar-refractivity contribution >= 4 is 0 Å². The van der Waals surface area contributed by atoms with Gasteiger partial charge in [0.1, 0.15) is 11.5 Å². The Kier molecular flexibility index (Phi) is 7.30. The molecule has 0 atom stereocenters. The molecule has 0 aliphatic rings. The van der Waals surface area contributed by atoms with Crippen molar-refractivity contribution in [1.82, 2.24) is 4.98 Å². The third kappa shape index (κ3) is 5.48. The molecule has 23 heavy (non-hydrogen) atoms. The first-order valence-electron chi connectivity index (χ1n) is 8.52. The van der Waals surface area contributed by atoms with E-state index in [0.717, 1.165) is 24.8 Å². The molecule has 0 aliphatic carbocycles. The van der Waals surface area contributed by atoms with Crippen LogP contribution < -0.4 is 0 Å². The van der Waals surface area contributed by atoms with Crippen molar-refractivity contribution in [3.05, 3.63) is 41.3 Å². The van der Waals surface area contributed by atoms with Crippen LogP contribution in [0.5, 0.6) is 0 Å². The lowest BCUT2D eigenvalue weighted by atomic mass is 10.0. The largest absolute Gasteiger partial charge is 0.441 e. The van der Waals surface area contributed by atoms with Gasteiger partial charge in [-0.25, -0.2) is 4.98 Å². The van der Waals surface area contributed by atoms with Gasteiger partial charge >= 0.3 is 0 Å². The van der Waals surface area contributed by atoms with Crippen molar-refractivity contribution in [1.29, 1.82) is 0 Å². The van der Waals surface area contributed by atoms with Gasteiger partial charge in [-0.3, -0.25) is 0 Å². The molecule has 0 saturated carbocycles. The van der Waals surface area contributed by atoms with Crippen LogP contribution in [0.3, 0.4) is 0 Å². The van der Waals surface area contributed by atoms with Crippen molar-refractivity contribution in [3.8, 4) is 11.5 Å². The molecule has 0 spiro atoms. The van der Waals surface area contributed by atoms with Gasteiger partial charge in [0.2, 0.25) is 5.89 Å². The van der Waals surface area contributed by atoms with Gasteiger partial charge < -0.3 is 14.6 Å². The summed E-state index contributed by atoms with van der Waals surface area (Å²) in [5, 5.41) is 17.9. The average Bonchev–Trinajstić information content (AvgIpc) is 2.95. The number of oxazole rings is 1. The number of hydrogen-bond acceptors (Lipinski definition) is 4. The van der Waals surface area contributed by atoms with E-state index in [4.69, 9.17) is 9.52 Å². The molecule has 4 nitrogen and oxygen atoms in total. The lowest BCUT2D eigenvalue weighted by Gasteiger charge is -2.03. The molecule has 0 amide bonds. The predicted molar refractivity (Wildman–Crippen MR) is 91.1 cm³/mol. The molecular weight excluding hydrogens is 290 g/mol. The maximum atomic E-state index is 9.18. The first-order chi connectivity index (χ1) is 11.2. The van der Waals surface area contributed by atoms with E-state index in [0.29, 0.717) is 24.0 Å². The standard InChI is InChI=1S/C19H27NO3/c1-15-18(14-22)20-19(23-15)17-11-9-16(10-12-17)8-6-4-2-3-5-7-13-21/h9-12,21-22H,2-8,13-14H2,1H3. The fraction of sp³-hybridized carbons (Fsp3) is 0.526. The van der Waals surface area contributed by atoms with Crippen molar-refractivity contribution in [3.63, 3.8) is 0 Å². The number of unbranched alkanes of at least 4 members (excludes halogenated alkanes) is 5. The Hall–Kier alpha value is -1.65. The van der Waals surface area contributed by atoms with Crippen molar-refractivity contribution in [2.75, 3.05) is 6.61 Å².